The molecule has 0 unspecified atom stereocenters. The highest BCUT2D eigenvalue weighted by Gasteiger charge is 2.11. The summed E-state index contributed by atoms with van der Waals surface area (Å²) in [4.78, 5) is 7.78. The van der Waals surface area contributed by atoms with Gasteiger partial charge in [0.05, 0.1) is 5.56 Å². The largest absolute Gasteiger partial charge is 0.368 e. The highest BCUT2D eigenvalue weighted by molar-refractivity contribution is 5.32. The number of hydrogen-bond acceptors (Lipinski definition) is 3. The van der Waals surface area contributed by atoms with Crippen molar-refractivity contribution >= 4 is 5.95 Å². The monoisotopic (exact) mass is 187 g/mol. The second kappa shape index (κ2) is 4.10. The Morgan fingerprint density at radius 1 is 1.21 bits per heavy atom. The van der Waals surface area contributed by atoms with Crippen LogP contribution in [0.1, 0.15) is 31.2 Å². The average molecular weight is 187 g/mol. The fraction of sp³-hybridized carbons (Fsp3) is 0.455. The first-order valence-corrected chi connectivity index (χ1v) is 4.93. The van der Waals surface area contributed by atoms with Crippen LogP contribution < -0.4 is 5.73 Å². The first kappa shape index (κ1) is 9.01. The molecule has 1 aromatic heterocycles. The molecule has 0 radical (unpaired) electrons. The van der Waals surface area contributed by atoms with Gasteiger partial charge in [-0.25, -0.2) is 9.97 Å². The van der Waals surface area contributed by atoms with Gasteiger partial charge in [-0.3, -0.25) is 0 Å². The molecule has 1 aliphatic rings. The van der Waals surface area contributed by atoms with E-state index in [1.54, 1.807) is 12.4 Å². The predicted molar refractivity (Wildman–Crippen MR) is 55.3 cm³/mol. The molecular formula is C11H13N3. The van der Waals surface area contributed by atoms with Crippen LogP contribution in [0.3, 0.4) is 0 Å². The van der Waals surface area contributed by atoms with Crippen molar-refractivity contribution in [1.82, 2.24) is 9.97 Å². The molecule has 0 atom stereocenters. The van der Waals surface area contributed by atoms with Crippen LogP contribution in [0.4, 0.5) is 5.95 Å². The van der Waals surface area contributed by atoms with Crippen LogP contribution in [0, 0.1) is 17.8 Å². The van der Waals surface area contributed by atoms with E-state index in [0.29, 0.717) is 11.9 Å². The third kappa shape index (κ3) is 2.23. The summed E-state index contributed by atoms with van der Waals surface area (Å²) in [5.74, 6) is 7.21. The minimum atomic E-state index is 0.302. The van der Waals surface area contributed by atoms with E-state index in [9.17, 15) is 0 Å². The molecule has 1 aromatic rings. The molecule has 1 saturated carbocycles. The smallest absolute Gasteiger partial charge is 0.219 e. The Morgan fingerprint density at radius 2 is 1.86 bits per heavy atom. The zero-order valence-electron chi connectivity index (χ0n) is 8.03. The lowest BCUT2D eigenvalue weighted by molar-refractivity contribution is 0.712. The van der Waals surface area contributed by atoms with E-state index in [4.69, 9.17) is 5.73 Å². The highest BCUT2D eigenvalue weighted by atomic mass is 15.0. The van der Waals surface area contributed by atoms with Gasteiger partial charge in [0.15, 0.2) is 0 Å². The molecular weight excluding hydrogens is 174 g/mol. The SMILES string of the molecule is Nc1ncc(C#CC2CCCC2)cn1. The lowest BCUT2D eigenvalue weighted by atomic mass is 10.1. The topological polar surface area (TPSA) is 51.8 Å². The third-order valence-electron chi connectivity index (χ3n) is 2.45. The molecule has 1 fully saturated rings. The fourth-order valence-corrected chi connectivity index (χ4v) is 1.66. The lowest BCUT2D eigenvalue weighted by Crippen LogP contribution is -1.94. The lowest BCUT2D eigenvalue weighted by Gasteiger charge is -1.95. The van der Waals surface area contributed by atoms with Gasteiger partial charge in [0.25, 0.3) is 0 Å². The molecule has 0 saturated heterocycles. The Kier molecular flexibility index (Phi) is 2.64. The molecule has 1 aliphatic carbocycles. The zero-order valence-corrected chi connectivity index (χ0v) is 8.03. The Bertz CT molecular complexity index is 352. The molecule has 3 nitrogen and oxygen atoms in total. The van der Waals surface area contributed by atoms with Crippen LogP contribution >= 0.6 is 0 Å². The molecule has 0 amide bonds. The summed E-state index contributed by atoms with van der Waals surface area (Å²) in [5.41, 5.74) is 6.23. The van der Waals surface area contributed by atoms with E-state index in [-0.39, 0.29) is 0 Å². The molecule has 3 heteroatoms. The molecule has 72 valence electrons. The van der Waals surface area contributed by atoms with Gasteiger partial charge in [0.1, 0.15) is 0 Å². The minimum absolute atomic E-state index is 0.302. The number of nitrogens with zero attached hydrogens (tertiary/aromatic N) is 2. The molecule has 2 N–H and O–H groups in total. The molecule has 1 heterocycles. The van der Waals surface area contributed by atoms with Crippen molar-refractivity contribution in [1.29, 1.82) is 0 Å². The Balaban J connectivity index is 2.05. The van der Waals surface area contributed by atoms with Crippen LogP contribution in [-0.4, -0.2) is 9.97 Å². The highest BCUT2D eigenvalue weighted by Crippen LogP contribution is 2.23. The number of aromatic nitrogens is 2. The van der Waals surface area contributed by atoms with Gasteiger partial charge in [0.2, 0.25) is 5.95 Å². The summed E-state index contributed by atoms with van der Waals surface area (Å²) >= 11 is 0. The third-order valence-corrected chi connectivity index (χ3v) is 2.45. The predicted octanol–water partition coefficient (Wildman–Crippen LogP) is 1.60. The summed E-state index contributed by atoms with van der Waals surface area (Å²) in [6.45, 7) is 0. The van der Waals surface area contributed by atoms with Gasteiger partial charge in [-0.1, -0.05) is 24.7 Å². The second-order valence-electron chi connectivity index (χ2n) is 3.58. The van der Waals surface area contributed by atoms with E-state index in [1.165, 1.54) is 25.7 Å². The first-order chi connectivity index (χ1) is 6.84. The van der Waals surface area contributed by atoms with Gasteiger partial charge in [0, 0.05) is 18.3 Å². The molecule has 0 aliphatic heterocycles. The van der Waals surface area contributed by atoms with Crippen LogP contribution in [0.2, 0.25) is 0 Å². The van der Waals surface area contributed by atoms with Crippen molar-refractivity contribution in [2.75, 3.05) is 5.73 Å². The first-order valence-electron chi connectivity index (χ1n) is 4.93. The van der Waals surface area contributed by atoms with Crippen molar-refractivity contribution in [3.63, 3.8) is 0 Å². The molecule has 2 rings (SSSR count). The van der Waals surface area contributed by atoms with E-state index in [1.807, 2.05) is 0 Å². The maximum absolute atomic E-state index is 5.37. The van der Waals surface area contributed by atoms with Crippen LogP contribution in [-0.2, 0) is 0 Å². The number of hydrogen-bond donors (Lipinski definition) is 1. The maximum Gasteiger partial charge on any atom is 0.219 e. The summed E-state index contributed by atoms with van der Waals surface area (Å²) in [6.07, 6.45) is 8.45. The zero-order chi connectivity index (χ0) is 9.80. The number of anilines is 1. The second-order valence-corrected chi connectivity index (χ2v) is 3.58. The number of nitrogens with two attached hydrogens (primary N) is 1. The molecule has 0 spiro atoms. The molecule has 0 aromatic carbocycles. The summed E-state index contributed by atoms with van der Waals surface area (Å²) in [5, 5.41) is 0. The fourth-order valence-electron chi connectivity index (χ4n) is 1.66. The van der Waals surface area contributed by atoms with Gasteiger partial charge in [-0.2, -0.15) is 0 Å². The maximum atomic E-state index is 5.37. The van der Waals surface area contributed by atoms with E-state index in [2.05, 4.69) is 21.8 Å². The summed E-state index contributed by atoms with van der Waals surface area (Å²) in [7, 11) is 0. The van der Waals surface area contributed by atoms with Crippen LogP contribution in [0.15, 0.2) is 12.4 Å². The summed E-state index contributed by atoms with van der Waals surface area (Å²) in [6, 6.07) is 0. The van der Waals surface area contributed by atoms with E-state index >= 15 is 0 Å². The number of rotatable bonds is 0. The average Bonchev–Trinajstić information content (AvgIpc) is 2.70. The van der Waals surface area contributed by atoms with Crippen molar-refractivity contribution in [3.05, 3.63) is 18.0 Å². The Hall–Kier alpha value is -1.56. The van der Waals surface area contributed by atoms with Crippen molar-refractivity contribution in [2.24, 2.45) is 5.92 Å². The van der Waals surface area contributed by atoms with Crippen LogP contribution in [0.25, 0.3) is 0 Å². The van der Waals surface area contributed by atoms with Crippen molar-refractivity contribution in [3.8, 4) is 11.8 Å². The molecule has 0 bridgehead atoms. The van der Waals surface area contributed by atoms with E-state index in [0.717, 1.165) is 5.56 Å². The molecule has 14 heavy (non-hydrogen) atoms. The van der Waals surface area contributed by atoms with Crippen molar-refractivity contribution in [2.45, 2.75) is 25.7 Å². The Labute approximate surface area is 83.8 Å². The van der Waals surface area contributed by atoms with Crippen molar-refractivity contribution < 1.29 is 0 Å². The van der Waals surface area contributed by atoms with Gasteiger partial charge in [-0.15, -0.1) is 0 Å². The minimum Gasteiger partial charge on any atom is -0.368 e. The standard InChI is InChI=1S/C11H13N3/c12-11-13-7-10(8-14-11)6-5-9-3-1-2-4-9/h7-9H,1-4H2,(H2,12,13,14). The quantitative estimate of drug-likeness (QED) is 0.628. The van der Waals surface area contributed by atoms with Gasteiger partial charge in [-0.05, 0) is 12.8 Å². The summed E-state index contributed by atoms with van der Waals surface area (Å²) < 4.78 is 0. The van der Waals surface area contributed by atoms with E-state index < -0.39 is 0 Å². The van der Waals surface area contributed by atoms with Gasteiger partial charge >= 0.3 is 0 Å². The Morgan fingerprint density at radius 3 is 2.50 bits per heavy atom. The van der Waals surface area contributed by atoms with Gasteiger partial charge < -0.3 is 5.73 Å². The normalized spacial score (nSPS) is 16.3. The number of nitrogen functional groups attached to an aromatic ring is 1. The van der Waals surface area contributed by atoms with Crippen LogP contribution in [0.5, 0.6) is 0 Å².